The number of carbonyl (C=O) groups is 2. The summed E-state index contributed by atoms with van der Waals surface area (Å²) in [5.41, 5.74) is -1.08. The molecule has 0 aliphatic rings. The first-order chi connectivity index (χ1) is 9.61. The Morgan fingerprint density at radius 3 is 2.43 bits per heavy atom. The normalized spacial score (nSPS) is 11.4. The average molecular weight is 323 g/mol. The fourth-order valence-corrected chi connectivity index (χ4v) is 1.53. The second kappa shape index (κ2) is 6.80. The summed E-state index contributed by atoms with van der Waals surface area (Å²) in [4.78, 5) is 22.9. The Hall–Kier alpha value is -1.76. The molecule has 2 amide bonds. The van der Waals surface area contributed by atoms with E-state index in [2.05, 4.69) is 10.6 Å². The first-order valence-electron chi connectivity index (χ1n) is 6.05. The molecule has 0 heterocycles. The summed E-state index contributed by atoms with van der Waals surface area (Å²) < 4.78 is 37.7. The summed E-state index contributed by atoms with van der Waals surface area (Å²) >= 11 is 5.73. The molecule has 4 nitrogen and oxygen atoms in total. The molecule has 0 aromatic heterocycles. The first-order valence-corrected chi connectivity index (χ1v) is 6.43. The molecule has 0 aliphatic carbocycles. The van der Waals surface area contributed by atoms with Gasteiger partial charge in [-0.3, -0.25) is 9.59 Å². The van der Waals surface area contributed by atoms with Crippen LogP contribution in [0.1, 0.15) is 19.4 Å². The van der Waals surface area contributed by atoms with Gasteiger partial charge in [0.2, 0.25) is 11.8 Å². The van der Waals surface area contributed by atoms with Crippen LogP contribution < -0.4 is 10.6 Å². The van der Waals surface area contributed by atoms with Crippen molar-refractivity contribution in [1.82, 2.24) is 5.32 Å². The number of benzene rings is 1. The number of hydrogen-bond acceptors (Lipinski definition) is 2. The molecule has 0 atom stereocenters. The van der Waals surface area contributed by atoms with Gasteiger partial charge >= 0.3 is 6.18 Å². The van der Waals surface area contributed by atoms with E-state index in [9.17, 15) is 22.8 Å². The molecular formula is C13H14ClF3N2O2. The van der Waals surface area contributed by atoms with E-state index >= 15 is 0 Å². The van der Waals surface area contributed by atoms with Crippen LogP contribution >= 0.6 is 11.6 Å². The van der Waals surface area contributed by atoms with Crippen molar-refractivity contribution in [1.29, 1.82) is 0 Å². The first kappa shape index (κ1) is 17.3. The third-order valence-corrected chi connectivity index (χ3v) is 2.84. The summed E-state index contributed by atoms with van der Waals surface area (Å²) in [6.07, 6.45) is -4.53. The fourth-order valence-electron chi connectivity index (χ4n) is 1.36. The largest absolute Gasteiger partial charge is 0.416 e. The molecule has 0 saturated carbocycles. The van der Waals surface area contributed by atoms with Crippen molar-refractivity contribution in [2.45, 2.75) is 20.0 Å². The lowest BCUT2D eigenvalue weighted by Gasteiger charge is -2.12. The maximum Gasteiger partial charge on any atom is 0.416 e. The maximum atomic E-state index is 12.6. The quantitative estimate of drug-likeness (QED) is 0.895. The minimum absolute atomic E-state index is 0.0217. The van der Waals surface area contributed by atoms with Gasteiger partial charge in [0.05, 0.1) is 22.8 Å². The van der Waals surface area contributed by atoms with Gasteiger partial charge in [0.1, 0.15) is 0 Å². The molecule has 0 bridgehead atoms. The van der Waals surface area contributed by atoms with Gasteiger partial charge < -0.3 is 10.6 Å². The van der Waals surface area contributed by atoms with E-state index in [0.717, 1.165) is 18.2 Å². The Morgan fingerprint density at radius 2 is 1.90 bits per heavy atom. The van der Waals surface area contributed by atoms with Gasteiger partial charge in [-0.2, -0.15) is 13.2 Å². The molecular weight excluding hydrogens is 309 g/mol. The minimum atomic E-state index is -4.53. The van der Waals surface area contributed by atoms with Crippen LogP contribution in [0.2, 0.25) is 5.02 Å². The van der Waals surface area contributed by atoms with E-state index in [1.165, 1.54) is 0 Å². The lowest BCUT2D eigenvalue weighted by Crippen LogP contribution is -2.35. The number of hydrogen-bond donors (Lipinski definition) is 2. The van der Waals surface area contributed by atoms with Crippen molar-refractivity contribution < 1.29 is 22.8 Å². The molecule has 0 fully saturated rings. The number of carbonyl (C=O) groups excluding carboxylic acids is 2. The van der Waals surface area contributed by atoms with Crippen LogP contribution in [-0.2, 0) is 15.8 Å². The average Bonchev–Trinajstić information content (AvgIpc) is 2.37. The highest BCUT2D eigenvalue weighted by molar-refractivity contribution is 6.33. The number of anilines is 1. The van der Waals surface area contributed by atoms with Gasteiger partial charge in [0.25, 0.3) is 0 Å². The number of amides is 2. The number of nitrogens with one attached hydrogen (secondary N) is 2. The summed E-state index contributed by atoms with van der Waals surface area (Å²) in [5.74, 6) is -1.29. The van der Waals surface area contributed by atoms with Crippen molar-refractivity contribution in [3.63, 3.8) is 0 Å². The van der Waals surface area contributed by atoms with Crippen molar-refractivity contribution in [2.24, 2.45) is 5.92 Å². The maximum absolute atomic E-state index is 12.6. The molecule has 0 spiro atoms. The van der Waals surface area contributed by atoms with Crippen LogP contribution in [-0.4, -0.2) is 18.4 Å². The minimum Gasteiger partial charge on any atom is -0.347 e. The lowest BCUT2D eigenvalue weighted by molar-refractivity contribution is -0.137. The zero-order valence-corrected chi connectivity index (χ0v) is 12.1. The second-order valence-corrected chi connectivity index (χ2v) is 5.02. The van der Waals surface area contributed by atoms with Crippen molar-refractivity contribution in [3.05, 3.63) is 28.8 Å². The molecule has 0 saturated heterocycles. The van der Waals surface area contributed by atoms with E-state index in [1.54, 1.807) is 13.8 Å². The number of alkyl halides is 3. The number of halogens is 4. The smallest absolute Gasteiger partial charge is 0.347 e. The topological polar surface area (TPSA) is 58.2 Å². The van der Waals surface area contributed by atoms with Crippen LogP contribution in [0.5, 0.6) is 0 Å². The predicted octanol–water partition coefficient (Wildman–Crippen LogP) is 3.07. The molecule has 21 heavy (non-hydrogen) atoms. The second-order valence-electron chi connectivity index (χ2n) is 4.61. The van der Waals surface area contributed by atoms with Gasteiger partial charge in [-0.1, -0.05) is 25.4 Å². The third kappa shape index (κ3) is 5.26. The molecule has 1 aromatic rings. The summed E-state index contributed by atoms with van der Waals surface area (Å²) in [6, 6.07) is 2.61. The van der Waals surface area contributed by atoms with Crippen LogP contribution in [0.25, 0.3) is 0 Å². The van der Waals surface area contributed by atoms with E-state index in [-0.39, 0.29) is 29.1 Å². The highest BCUT2D eigenvalue weighted by atomic mass is 35.5. The van der Waals surface area contributed by atoms with E-state index in [0.29, 0.717) is 0 Å². The Kier molecular flexibility index (Phi) is 5.60. The zero-order chi connectivity index (χ0) is 16.2. The van der Waals surface area contributed by atoms with E-state index < -0.39 is 17.6 Å². The van der Waals surface area contributed by atoms with Crippen molar-refractivity contribution in [3.8, 4) is 0 Å². The zero-order valence-electron chi connectivity index (χ0n) is 11.3. The predicted molar refractivity (Wildman–Crippen MR) is 72.9 cm³/mol. The molecule has 0 unspecified atom stereocenters. The monoisotopic (exact) mass is 322 g/mol. The van der Waals surface area contributed by atoms with Gasteiger partial charge in [-0.15, -0.1) is 0 Å². The van der Waals surface area contributed by atoms with Crippen molar-refractivity contribution in [2.75, 3.05) is 11.9 Å². The van der Waals surface area contributed by atoms with Gasteiger partial charge in [0.15, 0.2) is 0 Å². The standard InChI is InChI=1S/C13H14ClF3N2O2/c1-7(2)12(21)18-6-11(20)19-10-5-8(13(15,16)17)3-4-9(10)14/h3-5,7H,6H2,1-2H3,(H,18,21)(H,19,20). The molecule has 1 rings (SSSR count). The van der Waals surface area contributed by atoms with Gasteiger partial charge in [0, 0.05) is 5.92 Å². The van der Waals surface area contributed by atoms with Crippen LogP contribution in [0.4, 0.5) is 18.9 Å². The van der Waals surface area contributed by atoms with Crippen molar-refractivity contribution >= 4 is 29.1 Å². The Labute approximate surface area is 124 Å². The summed E-state index contributed by atoms with van der Waals surface area (Å²) in [5, 5.41) is 4.56. The SMILES string of the molecule is CC(C)C(=O)NCC(=O)Nc1cc(C(F)(F)F)ccc1Cl. The molecule has 0 radical (unpaired) electrons. The molecule has 0 aliphatic heterocycles. The highest BCUT2D eigenvalue weighted by Crippen LogP contribution is 2.33. The van der Waals surface area contributed by atoms with Gasteiger partial charge in [-0.05, 0) is 18.2 Å². The fraction of sp³-hybridized carbons (Fsp3) is 0.385. The molecule has 1 aromatic carbocycles. The number of rotatable bonds is 4. The van der Waals surface area contributed by atoms with Crippen LogP contribution in [0.3, 0.4) is 0 Å². The lowest BCUT2D eigenvalue weighted by atomic mass is 10.2. The van der Waals surface area contributed by atoms with E-state index in [4.69, 9.17) is 11.6 Å². The summed E-state index contributed by atoms with van der Waals surface area (Å²) in [6.45, 7) is 2.96. The molecule has 2 N–H and O–H groups in total. The third-order valence-electron chi connectivity index (χ3n) is 2.52. The van der Waals surface area contributed by atoms with Gasteiger partial charge in [-0.25, -0.2) is 0 Å². The highest BCUT2D eigenvalue weighted by Gasteiger charge is 2.31. The Balaban J connectivity index is 2.74. The van der Waals surface area contributed by atoms with E-state index in [1.807, 2.05) is 0 Å². The Bertz CT molecular complexity index is 545. The summed E-state index contributed by atoms with van der Waals surface area (Å²) in [7, 11) is 0. The van der Waals surface area contributed by atoms with Crippen LogP contribution in [0, 0.1) is 5.92 Å². The Morgan fingerprint density at radius 1 is 1.29 bits per heavy atom. The van der Waals surface area contributed by atoms with Crippen LogP contribution in [0.15, 0.2) is 18.2 Å². The molecule has 8 heteroatoms. The molecule has 116 valence electrons.